The molecule has 0 aliphatic carbocycles. The van der Waals surface area contributed by atoms with Gasteiger partial charge in [0, 0.05) is 30.6 Å². The average Bonchev–Trinajstić information content (AvgIpc) is 2.44. The van der Waals surface area contributed by atoms with Gasteiger partial charge in [0.15, 0.2) is 5.78 Å². The fraction of sp³-hybridized carbons (Fsp3) is 0.294. The molecule has 1 aromatic heterocycles. The molecule has 0 radical (unpaired) electrons. The van der Waals surface area contributed by atoms with Gasteiger partial charge in [0.2, 0.25) is 0 Å². The van der Waals surface area contributed by atoms with Crippen LogP contribution in [0.15, 0.2) is 29.5 Å². The quantitative estimate of drug-likeness (QED) is 0.635. The first-order valence-electron chi connectivity index (χ1n) is 6.92. The van der Waals surface area contributed by atoms with Crippen molar-refractivity contribution >= 4 is 17.7 Å². The predicted molar refractivity (Wildman–Crippen MR) is 84.6 cm³/mol. The first-order valence-corrected chi connectivity index (χ1v) is 6.92. The summed E-state index contributed by atoms with van der Waals surface area (Å²) in [5.41, 5.74) is 5.24. The number of nitrogens with zero attached hydrogens (tertiary/aromatic N) is 3. The van der Waals surface area contributed by atoms with E-state index in [1.807, 2.05) is 32.9 Å². The smallest absolute Gasteiger partial charge is 0.162 e. The number of benzene rings is 1. The van der Waals surface area contributed by atoms with Crippen LogP contribution in [0.5, 0.6) is 0 Å². The van der Waals surface area contributed by atoms with E-state index in [2.05, 4.69) is 15.0 Å². The van der Waals surface area contributed by atoms with Gasteiger partial charge in [-0.3, -0.25) is 19.8 Å². The molecule has 2 rings (SSSR count). The summed E-state index contributed by atoms with van der Waals surface area (Å²) in [7, 11) is 0. The fourth-order valence-corrected chi connectivity index (χ4v) is 2.33. The summed E-state index contributed by atoms with van der Waals surface area (Å²) in [4.78, 5) is 24.8. The maximum Gasteiger partial charge on any atom is 0.162 e. The molecule has 21 heavy (non-hydrogen) atoms. The Hall–Kier alpha value is -2.36. The maximum absolute atomic E-state index is 11.9. The SMILES string of the molecule is C/C=N\c1ccc(Cc2cnc(C)cn2)c(C)c1C(C)=O. The molecular weight excluding hydrogens is 262 g/mol. The minimum Gasteiger partial charge on any atom is -0.294 e. The molecule has 1 aromatic carbocycles. The second kappa shape index (κ2) is 6.39. The van der Waals surface area contributed by atoms with E-state index in [0.717, 1.165) is 28.2 Å². The molecule has 0 bridgehead atoms. The van der Waals surface area contributed by atoms with Crippen molar-refractivity contribution in [3.05, 3.63) is 52.6 Å². The molecule has 0 saturated carbocycles. The van der Waals surface area contributed by atoms with Gasteiger partial charge in [-0.05, 0) is 44.9 Å². The second-order valence-electron chi connectivity index (χ2n) is 5.01. The Morgan fingerprint density at radius 2 is 2.00 bits per heavy atom. The molecule has 0 unspecified atom stereocenters. The highest BCUT2D eigenvalue weighted by atomic mass is 16.1. The van der Waals surface area contributed by atoms with Crippen molar-refractivity contribution in [3.8, 4) is 0 Å². The molecule has 1 heterocycles. The van der Waals surface area contributed by atoms with Crippen molar-refractivity contribution in [2.45, 2.75) is 34.1 Å². The lowest BCUT2D eigenvalue weighted by molar-refractivity contribution is 0.101. The standard InChI is InChI=1S/C17H19N3O/c1-5-18-16-7-6-14(12(3)17(16)13(4)21)8-15-10-19-11(2)9-20-15/h5-7,9-10H,8H2,1-4H3/b18-5-. The van der Waals surface area contributed by atoms with E-state index in [1.54, 1.807) is 25.5 Å². The number of carbonyl (C=O) groups excluding carboxylic acids is 1. The largest absolute Gasteiger partial charge is 0.294 e. The molecule has 0 fully saturated rings. The third-order valence-electron chi connectivity index (χ3n) is 3.38. The van der Waals surface area contributed by atoms with E-state index in [0.29, 0.717) is 12.0 Å². The van der Waals surface area contributed by atoms with Crippen molar-refractivity contribution < 1.29 is 4.79 Å². The van der Waals surface area contributed by atoms with Gasteiger partial charge in [0.1, 0.15) is 0 Å². The minimum absolute atomic E-state index is 0.0324. The van der Waals surface area contributed by atoms with Crippen molar-refractivity contribution in [2.24, 2.45) is 4.99 Å². The summed E-state index contributed by atoms with van der Waals surface area (Å²) < 4.78 is 0. The molecule has 4 nitrogen and oxygen atoms in total. The average molecular weight is 281 g/mol. The van der Waals surface area contributed by atoms with Gasteiger partial charge in [-0.1, -0.05) is 6.07 Å². The lowest BCUT2D eigenvalue weighted by atomic mass is 9.95. The van der Waals surface area contributed by atoms with E-state index in [9.17, 15) is 4.79 Å². The van der Waals surface area contributed by atoms with E-state index in [4.69, 9.17) is 0 Å². The highest BCUT2D eigenvalue weighted by molar-refractivity contribution is 6.01. The second-order valence-corrected chi connectivity index (χ2v) is 5.01. The number of aliphatic imine (C=N–C) groups is 1. The van der Waals surface area contributed by atoms with Crippen molar-refractivity contribution in [1.82, 2.24) is 9.97 Å². The Morgan fingerprint density at radius 3 is 2.57 bits per heavy atom. The highest BCUT2D eigenvalue weighted by Crippen LogP contribution is 2.27. The third-order valence-corrected chi connectivity index (χ3v) is 3.38. The fourth-order valence-electron chi connectivity index (χ4n) is 2.33. The normalized spacial score (nSPS) is 11.0. The van der Waals surface area contributed by atoms with Gasteiger partial charge >= 0.3 is 0 Å². The van der Waals surface area contributed by atoms with Crippen molar-refractivity contribution in [2.75, 3.05) is 0 Å². The van der Waals surface area contributed by atoms with Crippen LogP contribution < -0.4 is 0 Å². The first-order chi connectivity index (χ1) is 10.0. The van der Waals surface area contributed by atoms with Crippen LogP contribution in [0.25, 0.3) is 0 Å². The lowest BCUT2D eigenvalue weighted by Gasteiger charge is -2.12. The minimum atomic E-state index is 0.0324. The highest BCUT2D eigenvalue weighted by Gasteiger charge is 2.14. The molecular formula is C17H19N3O. The van der Waals surface area contributed by atoms with Crippen LogP contribution in [0.4, 0.5) is 5.69 Å². The zero-order chi connectivity index (χ0) is 15.4. The Labute approximate surface area is 125 Å². The number of ketones is 1. The summed E-state index contributed by atoms with van der Waals surface area (Å²) in [6, 6.07) is 3.90. The topological polar surface area (TPSA) is 55.2 Å². The number of aryl methyl sites for hydroxylation is 1. The van der Waals surface area contributed by atoms with Gasteiger partial charge < -0.3 is 0 Å². The first kappa shape index (κ1) is 15.0. The van der Waals surface area contributed by atoms with E-state index >= 15 is 0 Å². The molecule has 4 heteroatoms. The summed E-state index contributed by atoms with van der Waals surface area (Å²) in [6.45, 7) is 7.29. The summed E-state index contributed by atoms with van der Waals surface area (Å²) in [6.07, 6.45) is 5.90. The van der Waals surface area contributed by atoms with Gasteiger partial charge in [-0.15, -0.1) is 0 Å². The van der Waals surface area contributed by atoms with Crippen molar-refractivity contribution in [1.29, 1.82) is 0 Å². The Kier molecular flexibility index (Phi) is 4.58. The van der Waals surface area contributed by atoms with E-state index in [-0.39, 0.29) is 5.78 Å². The number of hydrogen-bond donors (Lipinski definition) is 0. The van der Waals surface area contributed by atoms with E-state index < -0.39 is 0 Å². The monoisotopic (exact) mass is 281 g/mol. The van der Waals surface area contributed by atoms with Crippen LogP contribution >= 0.6 is 0 Å². The van der Waals surface area contributed by atoms with Gasteiger partial charge in [0.25, 0.3) is 0 Å². The number of Topliss-reactive ketones (excluding diaryl/α,β-unsaturated/α-hetero) is 1. The van der Waals surface area contributed by atoms with Crippen LogP contribution in [0, 0.1) is 13.8 Å². The Bertz CT molecular complexity index is 688. The molecule has 2 aromatic rings. The van der Waals surface area contributed by atoms with E-state index in [1.165, 1.54) is 0 Å². The molecule has 0 amide bonds. The molecule has 0 N–H and O–H groups in total. The Morgan fingerprint density at radius 1 is 1.24 bits per heavy atom. The molecule has 0 aliphatic rings. The maximum atomic E-state index is 11.9. The third kappa shape index (κ3) is 3.40. The number of aromatic nitrogens is 2. The lowest BCUT2D eigenvalue weighted by Crippen LogP contribution is -2.03. The van der Waals surface area contributed by atoms with Gasteiger partial charge in [-0.2, -0.15) is 0 Å². The number of carbonyl (C=O) groups is 1. The zero-order valence-electron chi connectivity index (χ0n) is 12.8. The molecule has 108 valence electrons. The molecule has 0 aliphatic heterocycles. The number of hydrogen-bond acceptors (Lipinski definition) is 4. The molecule has 0 saturated heterocycles. The summed E-state index contributed by atoms with van der Waals surface area (Å²) in [5, 5.41) is 0. The van der Waals surface area contributed by atoms with Crippen LogP contribution in [0.2, 0.25) is 0 Å². The van der Waals surface area contributed by atoms with Crippen LogP contribution in [-0.2, 0) is 6.42 Å². The molecule has 0 atom stereocenters. The van der Waals surface area contributed by atoms with Crippen LogP contribution in [-0.4, -0.2) is 22.0 Å². The Balaban J connectivity index is 2.43. The molecule has 0 spiro atoms. The van der Waals surface area contributed by atoms with Crippen molar-refractivity contribution in [3.63, 3.8) is 0 Å². The summed E-state index contributed by atoms with van der Waals surface area (Å²) in [5.74, 6) is 0.0324. The van der Waals surface area contributed by atoms with Crippen LogP contribution in [0.3, 0.4) is 0 Å². The van der Waals surface area contributed by atoms with Gasteiger partial charge in [-0.25, -0.2) is 0 Å². The van der Waals surface area contributed by atoms with Crippen LogP contribution in [0.1, 0.15) is 46.7 Å². The zero-order valence-corrected chi connectivity index (χ0v) is 12.8. The van der Waals surface area contributed by atoms with Gasteiger partial charge in [0.05, 0.1) is 17.1 Å². The predicted octanol–water partition coefficient (Wildman–Crippen LogP) is 3.61. The number of rotatable bonds is 4. The summed E-state index contributed by atoms with van der Waals surface area (Å²) >= 11 is 0.